The Bertz CT molecular complexity index is 305. The predicted octanol–water partition coefficient (Wildman–Crippen LogP) is 0.399. The third-order valence-corrected chi connectivity index (χ3v) is 2.27. The second-order valence-corrected chi connectivity index (χ2v) is 3.55. The van der Waals surface area contributed by atoms with Gasteiger partial charge in [-0.1, -0.05) is 7.43 Å². The maximum absolute atomic E-state index is 11.4. The summed E-state index contributed by atoms with van der Waals surface area (Å²) in [4.78, 5) is 22.2. The molecule has 0 aromatic carbocycles. The van der Waals surface area contributed by atoms with Crippen molar-refractivity contribution in [3.8, 4) is 0 Å². The fraction of sp³-hybridized carbons (Fsp3) is 0.833. The van der Waals surface area contributed by atoms with Crippen molar-refractivity contribution in [1.29, 1.82) is 1.43 Å². The van der Waals surface area contributed by atoms with E-state index in [-0.39, 0.29) is 27.2 Å². The van der Waals surface area contributed by atoms with Crippen molar-refractivity contribution >= 4 is 19.8 Å². The van der Waals surface area contributed by atoms with E-state index in [0.717, 1.165) is 0 Å². The molecule has 0 aliphatic carbocycles. The number of ether oxygens (including phenoxy) is 3. The monoisotopic (exact) mass is 277 g/mol. The molecule has 1 aliphatic heterocycles. The van der Waals surface area contributed by atoms with E-state index in [2.05, 4.69) is 9.85 Å². The molecule has 1 fully saturated rings. The normalized spacial score (nSPS) is 25.9. The Hall–Kier alpha value is -1.08. The first-order chi connectivity index (χ1) is 9.48. The molecular formula is C12H23BO6. The third-order valence-electron chi connectivity index (χ3n) is 2.27. The van der Waals surface area contributed by atoms with Crippen molar-refractivity contribution in [1.82, 2.24) is 0 Å². The molecule has 110 valence electrons. The minimum Gasteiger partial charge on any atom is -0.469 e. The molecule has 0 bridgehead atoms. The molecule has 0 spiro atoms. The molecule has 7 heteroatoms. The van der Waals surface area contributed by atoms with E-state index in [0.29, 0.717) is 6.42 Å². The zero-order valence-corrected chi connectivity index (χ0v) is 10.6. The number of hydrogen-bond donors (Lipinski definition) is 1. The molecule has 0 unspecified atom stereocenters. The van der Waals surface area contributed by atoms with Crippen LogP contribution in [0.5, 0.6) is 0 Å². The Balaban J connectivity index is 0. The Morgan fingerprint density at radius 2 is 2.16 bits per heavy atom. The first-order valence-corrected chi connectivity index (χ1v) is 5.44. The van der Waals surface area contributed by atoms with Crippen LogP contribution in [0.2, 0.25) is 0 Å². The van der Waals surface area contributed by atoms with E-state index in [1.807, 2.05) is 0 Å². The Kier molecular flexibility index (Phi) is 9.09. The van der Waals surface area contributed by atoms with Gasteiger partial charge in [-0.15, -0.1) is 0 Å². The highest BCUT2D eigenvalue weighted by molar-refractivity contribution is 6.11. The lowest BCUT2D eigenvalue weighted by atomic mass is 9.96. The quantitative estimate of drug-likeness (QED) is 0.591. The average molecular weight is 277 g/mol. The summed E-state index contributed by atoms with van der Waals surface area (Å²) in [7, 11) is 8.09. The maximum atomic E-state index is 11.4. The lowest BCUT2D eigenvalue weighted by Gasteiger charge is -2.14. The van der Waals surface area contributed by atoms with Crippen LogP contribution in [-0.2, 0) is 23.8 Å². The lowest BCUT2D eigenvalue weighted by molar-refractivity contribution is -0.154. The summed E-state index contributed by atoms with van der Waals surface area (Å²) in [5.41, 5.74) is 0. The fourth-order valence-electron chi connectivity index (χ4n) is 1.41. The molecule has 1 saturated heterocycles. The second-order valence-electron chi connectivity index (χ2n) is 3.55. The first-order valence-electron chi connectivity index (χ1n) is 6.55. The topological polar surface area (TPSA) is 82.1 Å². The van der Waals surface area contributed by atoms with E-state index in [9.17, 15) is 9.59 Å². The van der Waals surface area contributed by atoms with Crippen molar-refractivity contribution in [3.63, 3.8) is 0 Å². The lowest BCUT2D eigenvalue weighted by Crippen LogP contribution is -2.25. The highest BCUT2D eigenvalue weighted by atomic mass is 16.6. The summed E-state index contributed by atoms with van der Waals surface area (Å²) in [6.07, 6.45) is -0.642. The van der Waals surface area contributed by atoms with E-state index in [1.165, 1.54) is 14.2 Å². The van der Waals surface area contributed by atoms with Crippen LogP contribution >= 0.6 is 0 Å². The molecule has 1 aliphatic rings. The largest absolute Gasteiger partial charge is 0.469 e. The zero-order chi connectivity index (χ0) is 15.5. The summed E-state index contributed by atoms with van der Waals surface area (Å²) in [6, 6.07) is -0.497. The van der Waals surface area contributed by atoms with Crippen LogP contribution in [0.25, 0.3) is 0 Å². The number of aliphatic hydroxyl groups is 1. The number of carbonyl (C=O) groups excluding carboxylic acids is 2. The molecule has 0 aromatic heterocycles. The van der Waals surface area contributed by atoms with Crippen molar-refractivity contribution < 1.29 is 30.3 Å². The smallest absolute Gasteiger partial charge is 0.306 e. The van der Waals surface area contributed by atoms with Crippen LogP contribution in [0.4, 0.5) is 0 Å². The molecule has 6 nitrogen and oxygen atoms in total. The number of methoxy groups -OCH3 is 1. The molecule has 1 N–H and O–H groups in total. The van der Waals surface area contributed by atoms with Gasteiger partial charge in [0.25, 0.3) is 0 Å². The van der Waals surface area contributed by atoms with Gasteiger partial charge in [-0.3, -0.25) is 9.59 Å². The third kappa shape index (κ3) is 7.84. The van der Waals surface area contributed by atoms with Gasteiger partial charge in [0.1, 0.15) is 14.0 Å². The van der Waals surface area contributed by atoms with Gasteiger partial charge in [-0.2, -0.15) is 0 Å². The Morgan fingerprint density at radius 3 is 2.68 bits per heavy atom. The number of rotatable bonds is 4. The Labute approximate surface area is 118 Å². The number of aliphatic hydroxyl groups excluding tert-OH is 1. The van der Waals surface area contributed by atoms with Crippen LogP contribution in [-0.4, -0.2) is 58.8 Å². The maximum Gasteiger partial charge on any atom is 0.306 e. The van der Waals surface area contributed by atoms with Gasteiger partial charge < -0.3 is 19.3 Å². The van der Waals surface area contributed by atoms with Crippen molar-refractivity contribution in [2.24, 2.45) is 0 Å². The van der Waals surface area contributed by atoms with E-state index in [4.69, 9.17) is 20.1 Å². The van der Waals surface area contributed by atoms with Crippen LogP contribution in [0.15, 0.2) is 0 Å². The standard InChI is InChI=1S/C10H15BO5.CH4O.CH4/c1-6-7(5-8(11)15-6)16-10(13)4-3-9(12)14-2;1-2;/h6-8H,3-5H2,1-2H3;2H,1H3;1H4/t6-,7-,8-;;/m1../s1/i1D;2T;. The van der Waals surface area contributed by atoms with Gasteiger partial charge in [0.05, 0.1) is 26.1 Å². The summed E-state index contributed by atoms with van der Waals surface area (Å²) in [6.45, 7) is -0.0113. The number of carbonyl (C=O) groups is 2. The van der Waals surface area contributed by atoms with Crippen LogP contribution in [0, 0.1) is 0 Å². The summed E-state index contributed by atoms with van der Waals surface area (Å²) in [5, 5.41) is 3.50. The first kappa shape index (κ1) is 16.0. The Morgan fingerprint density at radius 1 is 1.58 bits per heavy atom. The predicted molar refractivity (Wildman–Crippen MR) is 70.7 cm³/mol. The molecule has 2 radical (unpaired) electrons. The molecule has 1 rings (SSSR count). The highest BCUT2D eigenvalue weighted by Crippen LogP contribution is 2.21. The van der Waals surface area contributed by atoms with Crippen LogP contribution < -0.4 is 0 Å². The van der Waals surface area contributed by atoms with E-state index < -0.39 is 30.1 Å². The molecular weight excluding hydrogens is 251 g/mol. The van der Waals surface area contributed by atoms with E-state index >= 15 is 0 Å². The van der Waals surface area contributed by atoms with Gasteiger partial charge in [-0.25, -0.2) is 0 Å². The molecule has 0 aromatic rings. The van der Waals surface area contributed by atoms with Crippen LogP contribution in [0.1, 0.15) is 35.0 Å². The molecule has 0 saturated carbocycles. The average Bonchev–Trinajstić information content (AvgIpc) is 2.76. The number of esters is 2. The van der Waals surface area contributed by atoms with E-state index in [1.54, 1.807) is 0 Å². The van der Waals surface area contributed by atoms with Crippen molar-refractivity contribution in [2.75, 3.05) is 14.2 Å². The van der Waals surface area contributed by atoms with Gasteiger partial charge in [-0.05, 0) is 6.90 Å². The summed E-state index contributed by atoms with van der Waals surface area (Å²) >= 11 is 0. The van der Waals surface area contributed by atoms with Gasteiger partial charge in [0.2, 0.25) is 1.43 Å². The molecule has 19 heavy (non-hydrogen) atoms. The molecule has 3 atom stereocenters. The van der Waals surface area contributed by atoms with Crippen molar-refractivity contribution in [3.05, 3.63) is 0 Å². The highest BCUT2D eigenvalue weighted by Gasteiger charge is 2.32. The van der Waals surface area contributed by atoms with Crippen LogP contribution in [0.3, 0.4) is 0 Å². The minimum absolute atomic E-state index is 0. The van der Waals surface area contributed by atoms with Gasteiger partial charge >= 0.3 is 11.9 Å². The fourth-order valence-corrected chi connectivity index (χ4v) is 1.41. The number of hydrogen-bond acceptors (Lipinski definition) is 6. The summed E-state index contributed by atoms with van der Waals surface area (Å²) < 4.78 is 27.6. The van der Waals surface area contributed by atoms with Gasteiger partial charge in [0, 0.05) is 20.9 Å². The minimum atomic E-state index is -0.503. The van der Waals surface area contributed by atoms with Gasteiger partial charge in [0.15, 0.2) is 0 Å². The molecule has 0 amide bonds. The zero-order valence-electron chi connectivity index (χ0n) is 12.6. The SMILES string of the molecule is C.[2H]C[C@H]1O[C@@H]([B])C[C@H]1OC(=O)CCC(=O)OC.[3H]OC. The second kappa shape index (κ2) is 10.8. The van der Waals surface area contributed by atoms with Crippen molar-refractivity contribution in [2.45, 2.75) is 51.8 Å². The molecule has 1 heterocycles. The summed E-state index contributed by atoms with van der Waals surface area (Å²) in [5.74, 6) is -0.963.